The molecule has 0 N–H and O–H groups in total. The van der Waals surface area contributed by atoms with Gasteiger partial charge in [-0.3, -0.25) is 4.98 Å². The molecular formula is C18H19BrN6. The Bertz CT molecular complexity index is 861. The summed E-state index contributed by atoms with van der Waals surface area (Å²) in [5, 5.41) is 0. The zero-order chi connectivity index (χ0) is 17.2. The highest BCUT2D eigenvalue weighted by Gasteiger charge is 2.24. The van der Waals surface area contributed by atoms with Gasteiger partial charge in [0, 0.05) is 38.6 Å². The van der Waals surface area contributed by atoms with Gasteiger partial charge in [-0.05, 0) is 40.9 Å². The zero-order valence-corrected chi connectivity index (χ0v) is 15.6. The molecule has 0 atom stereocenters. The Morgan fingerprint density at radius 2 is 1.68 bits per heavy atom. The maximum atomic E-state index is 4.76. The minimum Gasteiger partial charge on any atom is -0.355 e. The predicted octanol–water partition coefficient (Wildman–Crippen LogP) is 3.29. The van der Waals surface area contributed by atoms with Crippen LogP contribution in [-0.4, -0.2) is 46.1 Å². The smallest absolute Gasteiger partial charge is 0.225 e. The fourth-order valence-electron chi connectivity index (χ4n) is 3.23. The first kappa shape index (κ1) is 16.2. The lowest BCUT2D eigenvalue weighted by Gasteiger charge is -2.37. The number of fused-ring (bicyclic) bond motifs is 1. The Labute approximate surface area is 155 Å². The third-order valence-electron chi connectivity index (χ3n) is 4.69. The molecule has 1 aromatic carbocycles. The van der Waals surface area contributed by atoms with Crippen molar-refractivity contribution in [2.24, 2.45) is 0 Å². The van der Waals surface area contributed by atoms with E-state index in [-0.39, 0.29) is 0 Å². The number of hydrogen-bond acceptors (Lipinski definition) is 6. The van der Waals surface area contributed by atoms with E-state index in [1.807, 2.05) is 30.5 Å². The Kier molecular flexibility index (Phi) is 4.48. The molecule has 0 saturated carbocycles. The van der Waals surface area contributed by atoms with Gasteiger partial charge in [0.05, 0.1) is 21.7 Å². The lowest BCUT2D eigenvalue weighted by atomic mass is 10.0. The highest BCUT2D eigenvalue weighted by atomic mass is 79.9. The first-order chi connectivity index (χ1) is 12.2. The van der Waals surface area contributed by atoms with Crippen molar-refractivity contribution in [2.45, 2.75) is 18.9 Å². The molecule has 1 fully saturated rings. The summed E-state index contributed by atoms with van der Waals surface area (Å²) in [5.74, 6) is 1.73. The van der Waals surface area contributed by atoms with E-state index in [2.05, 4.69) is 47.7 Å². The van der Waals surface area contributed by atoms with Crippen molar-refractivity contribution in [3.8, 4) is 0 Å². The topological polar surface area (TPSA) is 58.0 Å². The molecule has 0 amide bonds. The van der Waals surface area contributed by atoms with Gasteiger partial charge in [0.1, 0.15) is 5.82 Å². The van der Waals surface area contributed by atoms with Crippen molar-refractivity contribution in [3.05, 3.63) is 47.3 Å². The van der Waals surface area contributed by atoms with Gasteiger partial charge in [-0.2, -0.15) is 0 Å². The van der Waals surface area contributed by atoms with Crippen LogP contribution in [0, 0.1) is 0 Å². The summed E-state index contributed by atoms with van der Waals surface area (Å²) in [4.78, 5) is 22.6. The van der Waals surface area contributed by atoms with E-state index in [9.17, 15) is 0 Å². The lowest BCUT2D eigenvalue weighted by Crippen LogP contribution is -2.44. The van der Waals surface area contributed by atoms with Crippen LogP contribution in [0.5, 0.6) is 0 Å². The van der Waals surface area contributed by atoms with Crippen LogP contribution in [0.3, 0.4) is 0 Å². The van der Waals surface area contributed by atoms with E-state index in [4.69, 9.17) is 4.98 Å². The van der Waals surface area contributed by atoms with Crippen molar-refractivity contribution in [1.82, 2.24) is 19.9 Å². The van der Waals surface area contributed by atoms with Gasteiger partial charge in [0.2, 0.25) is 5.95 Å². The first-order valence-corrected chi connectivity index (χ1v) is 9.17. The molecule has 3 heterocycles. The molecule has 0 spiro atoms. The standard InChI is InChI=1S/C18H19BrN6/c1-24(18-21-10-13(19)11-22-18)14-6-8-25(9-7-14)17-12-20-15-4-2-3-5-16(15)23-17/h2-5,10-12,14H,6-9H2,1H3. The van der Waals surface area contributed by atoms with Crippen molar-refractivity contribution in [3.63, 3.8) is 0 Å². The van der Waals surface area contributed by atoms with Crippen LogP contribution < -0.4 is 9.80 Å². The Hall–Kier alpha value is -2.28. The lowest BCUT2D eigenvalue weighted by molar-refractivity contribution is 0.475. The van der Waals surface area contributed by atoms with Crippen LogP contribution in [-0.2, 0) is 0 Å². The highest BCUT2D eigenvalue weighted by molar-refractivity contribution is 9.10. The molecule has 1 saturated heterocycles. The van der Waals surface area contributed by atoms with E-state index in [0.717, 1.165) is 53.2 Å². The van der Waals surface area contributed by atoms with Gasteiger partial charge in [-0.25, -0.2) is 15.0 Å². The SMILES string of the molecule is CN(c1ncc(Br)cn1)C1CCN(c2cnc3ccccc3n2)CC1. The van der Waals surface area contributed by atoms with Crippen molar-refractivity contribution in [2.75, 3.05) is 29.9 Å². The molecule has 7 heteroatoms. The molecule has 0 unspecified atom stereocenters. The van der Waals surface area contributed by atoms with Crippen LogP contribution >= 0.6 is 15.9 Å². The number of aromatic nitrogens is 4. The molecule has 0 bridgehead atoms. The number of hydrogen-bond donors (Lipinski definition) is 0. The molecule has 0 aliphatic carbocycles. The maximum absolute atomic E-state index is 4.76. The Balaban J connectivity index is 1.44. The molecule has 6 nitrogen and oxygen atoms in total. The highest BCUT2D eigenvalue weighted by Crippen LogP contribution is 2.23. The second-order valence-electron chi connectivity index (χ2n) is 6.25. The molecule has 128 valence electrons. The number of rotatable bonds is 3. The predicted molar refractivity (Wildman–Crippen MR) is 103 cm³/mol. The molecule has 4 rings (SSSR count). The number of halogens is 1. The van der Waals surface area contributed by atoms with Crippen LogP contribution in [0.25, 0.3) is 11.0 Å². The average molecular weight is 399 g/mol. The summed E-state index contributed by atoms with van der Waals surface area (Å²) in [6, 6.07) is 8.43. The minimum absolute atomic E-state index is 0.436. The summed E-state index contributed by atoms with van der Waals surface area (Å²) in [7, 11) is 2.07. The van der Waals surface area contributed by atoms with Gasteiger partial charge in [0.15, 0.2) is 0 Å². The largest absolute Gasteiger partial charge is 0.355 e. The summed E-state index contributed by atoms with van der Waals surface area (Å²) < 4.78 is 0.898. The summed E-state index contributed by atoms with van der Waals surface area (Å²) in [6.45, 7) is 1.91. The molecule has 3 aromatic rings. The fraction of sp³-hybridized carbons (Fsp3) is 0.333. The fourth-order valence-corrected chi connectivity index (χ4v) is 3.44. The molecule has 1 aliphatic heterocycles. The summed E-state index contributed by atoms with van der Waals surface area (Å²) in [6.07, 6.45) is 7.55. The normalized spacial score (nSPS) is 15.5. The van der Waals surface area contributed by atoms with E-state index in [1.165, 1.54) is 0 Å². The van der Waals surface area contributed by atoms with Crippen LogP contribution in [0.4, 0.5) is 11.8 Å². The number of anilines is 2. The third-order valence-corrected chi connectivity index (χ3v) is 5.10. The summed E-state index contributed by atoms with van der Waals surface area (Å²) >= 11 is 3.38. The number of para-hydroxylation sites is 2. The van der Waals surface area contributed by atoms with Crippen molar-refractivity contribution < 1.29 is 0 Å². The molecule has 1 aliphatic rings. The first-order valence-electron chi connectivity index (χ1n) is 8.38. The quantitative estimate of drug-likeness (QED) is 0.674. The second-order valence-corrected chi connectivity index (χ2v) is 7.16. The monoisotopic (exact) mass is 398 g/mol. The van der Waals surface area contributed by atoms with Crippen LogP contribution in [0.1, 0.15) is 12.8 Å². The Morgan fingerprint density at radius 1 is 1.00 bits per heavy atom. The van der Waals surface area contributed by atoms with Crippen LogP contribution in [0.2, 0.25) is 0 Å². The van der Waals surface area contributed by atoms with Crippen molar-refractivity contribution in [1.29, 1.82) is 0 Å². The van der Waals surface area contributed by atoms with E-state index in [1.54, 1.807) is 12.4 Å². The second kappa shape index (κ2) is 6.92. The third kappa shape index (κ3) is 3.42. The van der Waals surface area contributed by atoms with E-state index < -0.39 is 0 Å². The number of piperidine rings is 1. The van der Waals surface area contributed by atoms with Gasteiger partial charge in [0.25, 0.3) is 0 Å². The molecule has 25 heavy (non-hydrogen) atoms. The Morgan fingerprint density at radius 3 is 2.40 bits per heavy atom. The van der Waals surface area contributed by atoms with Crippen LogP contribution in [0.15, 0.2) is 47.3 Å². The van der Waals surface area contributed by atoms with E-state index >= 15 is 0 Å². The number of benzene rings is 1. The zero-order valence-electron chi connectivity index (χ0n) is 14.0. The maximum Gasteiger partial charge on any atom is 0.225 e. The van der Waals surface area contributed by atoms with E-state index in [0.29, 0.717) is 6.04 Å². The van der Waals surface area contributed by atoms with Gasteiger partial charge >= 0.3 is 0 Å². The molecule has 0 radical (unpaired) electrons. The number of nitrogens with zero attached hydrogens (tertiary/aromatic N) is 6. The van der Waals surface area contributed by atoms with Gasteiger partial charge < -0.3 is 9.80 Å². The molecular weight excluding hydrogens is 380 g/mol. The van der Waals surface area contributed by atoms with Gasteiger partial charge in [-0.15, -0.1) is 0 Å². The molecule has 2 aromatic heterocycles. The minimum atomic E-state index is 0.436. The van der Waals surface area contributed by atoms with Gasteiger partial charge in [-0.1, -0.05) is 12.1 Å². The van der Waals surface area contributed by atoms with Crippen molar-refractivity contribution >= 4 is 38.7 Å². The average Bonchev–Trinajstić information content (AvgIpc) is 2.68. The summed E-state index contributed by atoms with van der Waals surface area (Å²) in [5.41, 5.74) is 1.88.